The minimum Gasteiger partial charge on any atom is -0.468 e. The number of hydrogen-bond donors (Lipinski definition) is 0. The number of benzene rings is 2. The molecule has 0 radical (unpaired) electrons. The van der Waals surface area contributed by atoms with E-state index in [1.165, 1.54) is 0 Å². The maximum absolute atomic E-state index is 13.6. The van der Waals surface area contributed by atoms with Gasteiger partial charge in [0.2, 0.25) is 0 Å². The molecule has 0 saturated carbocycles. The molecule has 0 spiro atoms. The summed E-state index contributed by atoms with van der Waals surface area (Å²) in [5.41, 5.74) is 1.84. The zero-order valence-electron chi connectivity index (χ0n) is 16.6. The highest BCUT2D eigenvalue weighted by molar-refractivity contribution is 7.92. The summed E-state index contributed by atoms with van der Waals surface area (Å²) in [4.78, 5) is 2.65. The van der Waals surface area contributed by atoms with E-state index in [1.807, 2.05) is 49.4 Å². The fourth-order valence-corrected chi connectivity index (χ4v) is 5.61. The molecule has 0 aliphatic carbocycles. The van der Waals surface area contributed by atoms with E-state index in [4.69, 9.17) is 4.42 Å². The van der Waals surface area contributed by atoms with Gasteiger partial charge in [-0.2, -0.15) is 0 Å². The van der Waals surface area contributed by atoms with Gasteiger partial charge in [-0.25, -0.2) is 8.42 Å². The van der Waals surface area contributed by atoms with Crippen LogP contribution in [0.1, 0.15) is 24.2 Å². The SMILES string of the molecule is Cc1ccc(N(C2CCN(Cc3ccco3)CC2)S(=O)(=O)c2ccccc2)cc1. The number of anilines is 1. The van der Waals surface area contributed by atoms with Crippen LogP contribution in [0.4, 0.5) is 5.69 Å². The first kappa shape index (κ1) is 19.7. The van der Waals surface area contributed by atoms with Crippen molar-refractivity contribution in [2.75, 3.05) is 17.4 Å². The van der Waals surface area contributed by atoms with Crippen molar-refractivity contribution in [3.63, 3.8) is 0 Å². The molecule has 1 saturated heterocycles. The average molecular weight is 411 g/mol. The zero-order valence-corrected chi connectivity index (χ0v) is 17.4. The number of aryl methyl sites for hydroxylation is 1. The van der Waals surface area contributed by atoms with E-state index < -0.39 is 10.0 Å². The number of nitrogens with zero attached hydrogens (tertiary/aromatic N) is 2. The molecule has 4 rings (SSSR count). The van der Waals surface area contributed by atoms with E-state index in [0.29, 0.717) is 4.90 Å². The number of rotatable bonds is 6. The smallest absolute Gasteiger partial charge is 0.264 e. The molecule has 1 fully saturated rings. The van der Waals surface area contributed by atoms with E-state index in [1.54, 1.807) is 34.8 Å². The Bertz CT molecular complexity index is 1010. The van der Waals surface area contributed by atoms with Crippen LogP contribution < -0.4 is 4.31 Å². The molecule has 1 aliphatic heterocycles. The van der Waals surface area contributed by atoms with Gasteiger partial charge in [-0.3, -0.25) is 9.21 Å². The number of sulfonamides is 1. The summed E-state index contributed by atoms with van der Waals surface area (Å²) in [6.07, 6.45) is 3.24. The number of furan rings is 1. The lowest BCUT2D eigenvalue weighted by molar-refractivity contribution is 0.193. The molecule has 29 heavy (non-hydrogen) atoms. The van der Waals surface area contributed by atoms with Gasteiger partial charge in [0.1, 0.15) is 5.76 Å². The van der Waals surface area contributed by atoms with Crippen LogP contribution in [0.2, 0.25) is 0 Å². The van der Waals surface area contributed by atoms with Crippen LogP contribution in [0.5, 0.6) is 0 Å². The highest BCUT2D eigenvalue weighted by Gasteiger charge is 2.34. The van der Waals surface area contributed by atoms with Crippen LogP contribution in [0.25, 0.3) is 0 Å². The Kier molecular flexibility index (Phi) is 5.74. The van der Waals surface area contributed by atoms with Gasteiger partial charge in [-0.15, -0.1) is 0 Å². The molecule has 6 heteroatoms. The second-order valence-electron chi connectivity index (χ2n) is 7.54. The lowest BCUT2D eigenvalue weighted by atomic mass is 10.0. The largest absolute Gasteiger partial charge is 0.468 e. The Labute approximate surface area is 172 Å². The van der Waals surface area contributed by atoms with Crippen molar-refractivity contribution in [1.29, 1.82) is 0 Å². The van der Waals surface area contributed by atoms with Gasteiger partial charge in [0.25, 0.3) is 10.0 Å². The molecular formula is C23H26N2O3S. The van der Waals surface area contributed by atoms with Crippen molar-refractivity contribution < 1.29 is 12.8 Å². The van der Waals surface area contributed by atoms with Crippen LogP contribution in [0, 0.1) is 6.92 Å². The Hall–Kier alpha value is -2.57. The average Bonchev–Trinajstić information content (AvgIpc) is 3.25. The van der Waals surface area contributed by atoms with Gasteiger partial charge in [0.15, 0.2) is 0 Å². The summed E-state index contributed by atoms with van der Waals surface area (Å²) >= 11 is 0. The molecule has 1 aliphatic rings. The normalized spacial score (nSPS) is 16.0. The summed E-state index contributed by atoms with van der Waals surface area (Å²) in [7, 11) is -3.64. The molecular weight excluding hydrogens is 384 g/mol. The molecule has 152 valence electrons. The summed E-state index contributed by atoms with van der Waals surface area (Å²) in [6.45, 7) is 4.43. The van der Waals surface area contributed by atoms with Gasteiger partial charge >= 0.3 is 0 Å². The lowest BCUT2D eigenvalue weighted by Gasteiger charge is -2.38. The summed E-state index contributed by atoms with van der Waals surface area (Å²) in [6, 6.07) is 20.3. The van der Waals surface area contributed by atoms with Gasteiger partial charge in [-0.05, 0) is 56.2 Å². The van der Waals surface area contributed by atoms with Crippen molar-refractivity contribution in [2.24, 2.45) is 0 Å². The first-order valence-corrected chi connectivity index (χ1v) is 11.4. The quantitative estimate of drug-likeness (QED) is 0.603. The molecule has 2 aromatic carbocycles. The highest BCUT2D eigenvalue weighted by Crippen LogP contribution is 2.31. The third kappa shape index (κ3) is 4.38. The molecule has 5 nitrogen and oxygen atoms in total. The standard InChI is InChI=1S/C23H26N2O3S/c1-19-9-11-20(12-10-19)25(29(26,27)23-7-3-2-4-8-23)21-13-15-24(16-14-21)18-22-6-5-17-28-22/h2-12,17,21H,13-16,18H2,1H3. The van der Waals surface area contributed by atoms with Crippen LogP contribution in [0.3, 0.4) is 0 Å². The third-order valence-electron chi connectivity index (χ3n) is 5.44. The fourth-order valence-electron chi connectivity index (χ4n) is 3.88. The van der Waals surface area contributed by atoms with Crippen LogP contribution >= 0.6 is 0 Å². The van der Waals surface area contributed by atoms with Gasteiger partial charge in [0, 0.05) is 19.1 Å². The van der Waals surface area contributed by atoms with E-state index in [9.17, 15) is 8.42 Å². The molecule has 0 atom stereocenters. The van der Waals surface area contributed by atoms with Crippen molar-refractivity contribution in [2.45, 2.75) is 37.2 Å². The first-order valence-electron chi connectivity index (χ1n) is 9.95. The van der Waals surface area contributed by atoms with Crippen LogP contribution in [0.15, 0.2) is 82.3 Å². The maximum Gasteiger partial charge on any atom is 0.264 e. The molecule has 1 aromatic heterocycles. The van der Waals surface area contributed by atoms with E-state index in [-0.39, 0.29) is 6.04 Å². The third-order valence-corrected chi connectivity index (χ3v) is 7.33. The number of hydrogen-bond acceptors (Lipinski definition) is 4. The van der Waals surface area contributed by atoms with Crippen molar-refractivity contribution >= 4 is 15.7 Å². The van der Waals surface area contributed by atoms with Crippen molar-refractivity contribution in [1.82, 2.24) is 4.90 Å². The van der Waals surface area contributed by atoms with Gasteiger partial charge in [-0.1, -0.05) is 35.9 Å². The molecule has 3 aromatic rings. The number of likely N-dealkylation sites (tertiary alicyclic amines) is 1. The summed E-state index contributed by atoms with van der Waals surface area (Å²) < 4.78 is 34.2. The lowest BCUT2D eigenvalue weighted by Crippen LogP contribution is -2.47. The zero-order chi connectivity index (χ0) is 20.3. The Balaban J connectivity index is 1.59. The molecule has 2 heterocycles. The summed E-state index contributed by atoms with van der Waals surface area (Å²) in [5.74, 6) is 0.941. The molecule has 0 amide bonds. The Morgan fingerprint density at radius 3 is 2.28 bits per heavy atom. The van der Waals surface area contributed by atoms with Crippen molar-refractivity contribution in [3.05, 3.63) is 84.3 Å². The summed E-state index contributed by atoms with van der Waals surface area (Å²) in [5, 5.41) is 0. The van der Waals surface area contributed by atoms with Crippen molar-refractivity contribution in [3.8, 4) is 0 Å². The topological polar surface area (TPSA) is 53.8 Å². The molecule has 0 unspecified atom stereocenters. The van der Waals surface area contributed by atoms with E-state index >= 15 is 0 Å². The minimum absolute atomic E-state index is 0.0734. The number of piperidine rings is 1. The Morgan fingerprint density at radius 1 is 0.966 bits per heavy atom. The Morgan fingerprint density at radius 2 is 1.66 bits per heavy atom. The van der Waals surface area contributed by atoms with Gasteiger partial charge in [0.05, 0.1) is 23.4 Å². The van der Waals surface area contributed by atoms with E-state index in [2.05, 4.69) is 4.90 Å². The molecule has 0 bridgehead atoms. The minimum atomic E-state index is -3.64. The maximum atomic E-state index is 13.6. The second kappa shape index (κ2) is 8.43. The highest BCUT2D eigenvalue weighted by atomic mass is 32.2. The molecule has 0 N–H and O–H groups in total. The van der Waals surface area contributed by atoms with Crippen LogP contribution in [-0.4, -0.2) is 32.4 Å². The van der Waals surface area contributed by atoms with E-state index in [0.717, 1.165) is 49.5 Å². The first-order chi connectivity index (χ1) is 14.0. The fraction of sp³-hybridized carbons (Fsp3) is 0.304. The predicted octanol–water partition coefficient (Wildman–Crippen LogP) is 4.45. The second-order valence-corrected chi connectivity index (χ2v) is 9.35. The van der Waals surface area contributed by atoms with Gasteiger partial charge < -0.3 is 4.42 Å². The monoisotopic (exact) mass is 410 g/mol. The van der Waals surface area contributed by atoms with Crippen LogP contribution in [-0.2, 0) is 16.6 Å². The predicted molar refractivity (Wildman–Crippen MR) is 114 cm³/mol.